The number of rotatable bonds is 4. The Morgan fingerprint density at radius 3 is 2.71 bits per heavy atom. The number of benzene rings is 2. The zero-order valence-electron chi connectivity index (χ0n) is 14.8. The molecule has 0 spiro atoms. The summed E-state index contributed by atoms with van der Waals surface area (Å²) < 4.78 is 18.7. The quantitative estimate of drug-likeness (QED) is 0.593. The van der Waals surface area contributed by atoms with Crippen molar-refractivity contribution < 1.29 is 18.8 Å². The third-order valence-corrected chi connectivity index (χ3v) is 4.44. The van der Waals surface area contributed by atoms with E-state index in [1.807, 2.05) is 30.3 Å². The fraction of sp³-hybridized carbons (Fsp3) is 0.263. The lowest BCUT2D eigenvalue weighted by Gasteiger charge is -2.38. The van der Waals surface area contributed by atoms with Crippen molar-refractivity contribution in [1.82, 2.24) is 4.90 Å². The van der Waals surface area contributed by atoms with Crippen LogP contribution in [0.4, 0.5) is 20.6 Å². The van der Waals surface area contributed by atoms with Crippen molar-refractivity contribution in [1.29, 1.82) is 5.26 Å². The Labute approximate surface area is 160 Å². The average molecular weight is 384 g/mol. The van der Waals surface area contributed by atoms with Crippen LogP contribution in [-0.4, -0.2) is 41.6 Å². The molecule has 1 aliphatic heterocycles. The second kappa shape index (κ2) is 8.35. The summed E-state index contributed by atoms with van der Waals surface area (Å²) in [5.74, 6) is -0.730. The topological polar surface area (TPSA) is 99.7 Å². The number of carbonyl (C=O) groups is 1. The monoisotopic (exact) mass is 384 g/mol. The summed E-state index contributed by atoms with van der Waals surface area (Å²) in [6.07, 6.45) is -0.558. The number of nitrogens with zero attached hydrogens (tertiary/aromatic N) is 4. The van der Waals surface area contributed by atoms with E-state index in [1.54, 1.807) is 0 Å². The van der Waals surface area contributed by atoms with Crippen molar-refractivity contribution in [2.45, 2.75) is 12.6 Å². The Morgan fingerprint density at radius 1 is 1.29 bits per heavy atom. The van der Waals surface area contributed by atoms with Crippen LogP contribution < -0.4 is 4.90 Å². The fourth-order valence-corrected chi connectivity index (χ4v) is 3.04. The number of carbonyl (C=O) groups excluding carboxylic acids is 1. The van der Waals surface area contributed by atoms with Crippen molar-refractivity contribution in [3.63, 3.8) is 0 Å². The van der Waals surface area contributed by atoms with Crippen LogP contribution in [0.2, 0.25) is 0 Å². The minimum atomic E-state index is -0.817. The molecule has 1 amide bonds. The predicted octanol–water partition coefficient (Wildman–Crippen LogP) is 3.08. The molecule has 0 aromatic heterocycles. The summed E-state index contributed by atoms with van der Waals surface area (Å²) in [6.45, 7) is 0.546. The third-order valence-electron chi connectivity index (χ3n) is 4.44. The van der Waals surface area contributed by atoms with Crippen molar-refractivity contribution in [2.24, 2.45) is 0 Å². The molecule has 28 heavy (non-hydrogen) atoms. The minimum Gasteiger partial charge on any atom is -0.445 e. The van der Waals surface area contributed by atoms with Crippen LogP contribution in [0.1, 0.15) is 5.56 Å². The summed E-state index contributed by atoms with van der Waals surface area (Å²) >= 11 is 0. The molecule has 0 aliphatic carbocycles. The normalized spacial score (nSPS) is 16.4. The maximum atomic E-state index is 13.4. The van der Waals surface area contributed by atoms with Crippen LogP contribution >= 0.6 is 0 Å². The number of anilines is 1. The molecule has 0 N–H and O–H groups in total. The molecule has 0 saturated carbocycles. The Hall–Kier alpha value is -3.67. The summed E-state index contributed by atoms with van der Waals surface area (Å²) in [5, 5.41) is 20.7. The molecule has 2 aromatic carbocycles. The van der Waals surface area contributed by atoms with Crippen molar-refractivity contribution in [3.8, 4) is 6.07 Å². The van der Waals surface area contributed by atoms with Crippen molar-refractivity contribution in [2.75, 3.05) is 24.5 Å². The number of ether oxygens (including phenoxy) is 1. The highest BCUT2D eigenvalue weighted by molar-refractivity contribution is 5.70. The molecule has 9 heteroatoms. The van der Waals surface area contributed by atoms with Gasteiger partial charge in [0.2, 0.25) is 0 Å². The van der Waals surface area contributed by atoms with Gasteiger partial charge in [-0.25, -0.2) is 9.18 Å². The Morgan fingerprint density at radius 2 is 2.04 bits per heavy atom. The first-order valence-corrected chi connectivity index (χ1v) is 8.55. The first-order valence-electron chi connectivity index (χ1n) is 8.55. The minimum absolute atomic E-state index is 0.0264. The molecule has 8 nitrogen and oxygen atoms in total. The highest BCUT2D eigenvalue weighted by Gasteiger charge is 2.33. The van der Waals surface area contributed by atoms with Gasteiger partial charge >= 0.3 is 6.09 Å². The summed E-state index contributed by atoms with van der Waals surface area (Å²) in [4.78, 5) is 25.8. The van der Waals surface area contributed by atoms with E-state index < -0.39 is 28.6 Å². The third kappa shape index (κ3) is 4.17. The highest BCUT2D eigenvalue weighted by atomic mass is 19.1. The van der Waals surface area contributed by atoms with Crippen LogP contribution in [0.15, 0.2) is 48.5 Å². The number of nitro benzene ring substituents is 1. The lowest BCUT2D eigenvalue weighted by Crippen LogP contribution is -2.54. The van der Waals surface area contributed by atoms with Gasteiger partial charge in [-0.3, -0.25) is 10.1 Å². The number of hydrogen-bond acceptors (Lipinski definition) is 6. The van der Waals surface area contributed by atoms with E-state index in [1.165, 1.54) is 15.9 Å². The van der Waals surface area contributed by atoms with E-state index in [-0.39, 0.29) is 31.9 Å². The van der Waals surface area contributed by atoms with Gasteiger partial charge in [0.05, 0.1) is 23.6 Å². The lowest BCUT2D eigenvalue weighted by molar-refractivity contribution is -0.384. The van der Waals surface area contributed by atoms with E-state index in [9.17, 15) is 24.6 Å². The molecule has 144 valence electrons. The van der Waals surface area contributed by atoms with Crippen LogP contribution in [0.25, 0.3) is 0 Å². The van der Waals surface area contributed by atoms with E-state index >= 15 is 0 Å². The van der Waals surface area contributed by atoms with Gasteiger partial charge in [0, 0.05) is 13.1 Å². The Balaban J connectivity index is 1.70. The molecule has 2 aromatic rings. The molecular formula is C19H17FN4O4. The molecule has 1 fully saturated rings. The number of hydrogen-bond donors (Lipinski definition) is 0. The molecule has 1 unspecified atom stereocenters. The number of amides is 1. The molecule has 0 bridgehead atoms. The fourth-order valence-electron chi connectivity index (χ4n) is 3.04. The van der Waals surface area contributed by atoms with E-state index in [0.29, 0.717) is 0 Å². The standard InChI is InChI=1S/C19H17FN4O4/c20-15-6-7-17(18(10-15)24(26)27)23-9-8-22(12-16(23)11-21)19(25)28-13-14-4-2-1-3-5-14/h1-7,10,16H,8-9,12-13H2. The largest absolute Gasteiger partial charge is 0.445 e. The summed E-state index contributed by atoms with van der Waals surface area (Å²) in [5.41, 5.74) is 0.573. The van der Waals surface area contributed by atoms with E-state index in [2.05, 4.69) is 6.07 Å². The highest BCUT2D eigenvalue weighted by Crippen LogP contribution is 2.31. The van der Waals surface area contributed by atoms with Crippen molar-refractivity contribution in [3.05, 3.63) is 70.0 Å². The number of nitriles is 1. The van der Waals surface area contributed by atoms with E-state index in [4.69, 9.17) is 4.74 Å². The zero-order chi connectivity index (χ0) is 20.1. The zero-order valence-corrected chi connectivity index (χ0v) is 14.8. The van der Waals surface area contributed by atoms with Crippen LogP contribution in [0.3, 0.4) is 0 Å². The van der Waals surface area contributed by atoms with Crippen molar-refractivity contribution >= 4 is 17.5 Å². The number of piperazine rings is 1. The maximum Gasteiger partial charge on any atom is 0.410 e. The molecule has 1 atom stereocenters. The lowest BCUT2D eigenvalue weighted by atomic mass is 10.1. The predicted molar refractivity (Wildman–Crippen MR) is 98.0 cm³/mol. The molecule has 1 aliphatic rings. The van der Waals surface area contributed by atoms with Gasteiger partial charge in [-0.15, -0.1) is 0 Å². The number of halogens is 1. The molecule has 0 radical (unpaired) electrons. The summed E-state index contributed by atoms with van der Waals surface area (Å²) in [7, 11) is 0. The first-order chi connectivity index (χ1) is 13.5. The van der Waals surface area contributed by atoms with Gasteiger partial charge in [0.25, 0.3) is 5.69 Å². The smallest absolute Gasteiger partial charge is 0.410 e. The molecule has 3 rings (SSSR count). The van der Waals surface area contributed by atoms with E-state index in [0.717, 1.165) is 17.7 Å². The maximum absolute atomic E-state index is 13.4. The average Bonchev–Trinajstić information content (AvgIpc) is 2.72. The first kappa shape index (κ1) is 19.1. The SMILES string of the molecule is N#CC1CN(C(=O)OCc2ccccc2)CCN1c1ccc(F)cc1[N+](=O)[O-]. The summed E-state index contributed by atoms with van der Waals surface area (Å²) in [6, 6.07) is 13.6. The second-order valence-corrected chi connectivity index (χ2v) is 6.21. The molecule has 1 saturated heterocycles. The van der Waals surface area contributed by atoms with Crippen LogP contribution in [0.5, 0.6) is 0 Å². The molecular weight excluding hydrogens is 367 g/mol. The van der Waals surface area contributed by atoms with Gasteiger partial charge in [-0.2, -0.15) is 5.26 Å². The van der Waals surface area contributed by atoms with Gasteiger partial charge in [-0.1, -0.05) is 30.3 Å². The van der Waals surface area contributed by atoms with Gasteiger partial charge in [-0.05, 0) is 17.7 Å². The van der Waals surface area contributed by atoms with Gasteiger partial charge in [0.1, 0.15) is 24.2 Å². The number of nitro groups is 1. The Kier molecular flexibility index (Phi) is 5.69. The van der Waals surface area contributed by atoms with Gasteiger partial charge < -0.3 is 14.5 Å². The molecule has 1 heterocycles. The van der Waals surface area contributed by atoms with Gasteiger partial charge in [0.15, 0.2) is 0 Å². The van der Waals surface area contributed by atoms with Crippen LogP contribution in [-0.2, 0) is 11.3 Å². The Bertz CT molecular complexity index is 916. The second-order valence-electron chi connectivity index (χ2n) is 6.21. The van der Waals surface area contributed by atoms with Crippen LogP contribution in [0, 0.1) is 27.3 Å².